The summed E-state index contributed by atoms with van der Waals surface area (Å²) in [5.74, 6) is 1.56. The normalized spacial score (nSPS) is 13.2. The van der Waals surface area contributed by atoms with Crippen molar-refractivity contribution in [3.8, 4) is 45.3 Å². The maximum Gasteiger partial charge on any atom is 0.132 e. The Morgan fingerprint density at radius 1 is 0.355 bits per heavy atom. The van der Waals surface area contributed by atoms with Gasteiger partial charge in [-0.25, -0.2) is 15.0 Å². The van der Waals surface area contributed by atoms with E-state index in [1.807, 2.05) is 0 Å². The van der Waals surface area contributed by atoms with Crippen LogP contribution in [0.15, 0.2) is 91.3 Å². The van der Waals surface area contributed by atoms with E-state index in [0.29, 0.717) is 13.2 Å². The molecule has 0 aliphatic carbocycles. The molecule has 93 heavy (non-hydrogen) atoms. The lowest BCUT2D eigenvalue weighted by Gasteiger charge is -2.19. The zero-order valence-corrected chi connectivity index (χ0v) is 56.9. The molecule has 0 saturated heterocycles. The summed E-state index contributed by atoms with van der Waals surface area (Å²) in [4.78, 5) is 39.2. The number of nitrogens with zero attached hydrogens (tertiary/aromatic N) is 4. The number of hydrogen-bond acceptors (Lipinski definition) is 6. The number of H-pyrrole nitrogens is 4. The van der Waals surface area contributed by atoms with Gasteiger partial charge in [-0.3, -0.25) is 4.98 Å². The summed E-state index contributed by atoms with van der Waals surface area (Å²) in [5, 5.41) is 8.64. The van der Waals surface area contributed by atoms with Crippen LogP contribution in [0.3, 0.4) is 0 Å². The van der Waals surface area contributed by atoms with Gasteiger partial charge in [0.2, 0.25) is 0 Å². The molecule has 0 amide bonds. The van der Waals surface area contributed by atoms with Crippen LogP contribution in [-0.4, -0.2) is 53.1 Å². The van der Waals surface area contributed by atoms with Crippen LogP contribution in [0.4, 0.5) is 0 Å². The van der Waals surface area contributed by atoms with Crippen molar-refractivity contribution in [2.24, 2.45) is 0 Å². The number of benzene rings is 5. The van der Waals surface area contributed by atoms with Crippen molar-refractivity contribution in [2.45, 2.75) is 204 Å². The molecule has 10 nitrogen and oxygen atoms in total. The molecule has 1 aliphatic heterocycles. The summed E-state index contributed by atoms with van der Waals surface area (Å²) in [6.07, 6.45) is 29.8. The fraction of sp³-hybridized carbons (Fsp3) is 0.398. The van der Waals surface area contributed by atoms with Crippen LogP contribution in [0, 0.1) is 55.4 Å². The fourth-order valence-corrected chi connectivity index (χ4v) is 16.1. The second-order valence-corrected chi connectivity index (χ2v) is 27.5. The first-order chi connectivity index (χ1) is 45.5. The first-order valence-electron chi connectivity index (χ1n) is 35.5. The molecule has 13 aromatic rings. The van der Waals surface area contributed by atoms with E-state index >= 15 is 0 Å². The van der Waals surface area contributed by atoms with Crippen molar-refractivity contribution in [1.29, 1.82) is 0 Å². The topological polar surface area (TPSA) is 133 Å². The highest BCUT2D eigenvalue weighted by Gasteiger charge is 2.33. The van der Waals surface area contributed by atoms with Gasteiger partial charge < -0.3 is 29.4 Å². The molecule has 0 spiro atoms. The van der Waals surface area contributed by atoms with Crippen molar-refractivity contribution in [3.63, 3.8) is 0 Å². The van der Waals surface area contributed by atoms with E-state index in [0.717, 1.165) is 180 Å². The van der Waals surface area contributed by atoms with Crippen LogP contribution < -0.4 is 9.47 Å². The monoisotopic (exact) mass is 1230 g/mol. The minimum atomic E-state index is -0.233. The van der Waals surface area contributed by atoms with Crippen LogP contribution in [0.5, 0.6) is 11.5 Å². The maximum absolute atomic E-state index is 7.02. The van der Waals surface area contributed by atoms with E-state index < -0.39 is 0 Å². The number of rotatable bonds is 26. The number of ether oxygens (including phenoxy) is 2. The SMILES string of the molecule is CCCCCCCCCCCCOc1c(C)c2ccc3nc2c2nc(ccc12)-c1c2[nH]c(c(C)c2c(C)c2[nH]cc(C)c12)C(c1ccccc1)c1[nH]c2c-3c3c(C)c[nH]c3c(-c3ccc4c(OCCCCCCCCCCCC)c(C)c5ccc(C)nc5c4n3)c2c1C. The first kappa shape index (κ1) is 62.0. The predicted molar refractivity (Wildman–Crippen MR) is 391 cm³/mol. The lowest BCUT2D eigenvalue weighted by atomic mass is 9.86. The molecule has 8 bridgehead atoms. The van der Waals surface area contributed by atoms with Crippen LogP contribution in [0.25, 0.3) is 121 Å². The van der Waals surface area contributed by atoms with E-state index in [2.05, 4.69) is 180 Å². The van der Waals surface area contributed by atoms with E-state index in [-0.39, 0.29) is 5.92 Å². The van der Waals surface area contributed by atoms with E-state index in [1.54, 1.807) is 0 Å². The number of unbranched alkanes of at least 4 members (excludes halogenated alkanes) is 18. The number of aromatic amines is 4. The number of pyridine rings is 4. The molecule has 1 atom stereocenters. The standard InChI is InChI=1S/C83H94N8O2/c1-11-13-15-17-19-21-23-25-27-32-44-92-82-51(6)57-37-36-50(5)86-75(57)77-59(82)40-43-63(89-77)71-67-55(10)74-68(56-34-30-29-31-35-56)73-54(9)66-53(8)72-64(48(3)46-84-72)69(80(66)90-73)62-42-39-60-78(88-62)76-58(52(7)83(60)93-45-33-28-26-24-22-20-18-16-14-12-2)38-41-61(87-76)70(81(67)91-74)65-49(4)47-85-79(65)71/h29-31,34-43,46-47,68,84-85,90-91H,11-28,32-33,44-45H2,1-10H3. The quantitative estimate of drug-likeness (QED) is 0.0315. The van der Waals surface area contributed by atoms with Crippen molar-refractivity contribution in [3.05, 3.63) is 153 Å². The Morgan fingerprint density at radius 3 is 1.26 bits per heavy atom. The second kappa shape index (κ2) is 26.5. The van der Waals surface area contributed by atoms with Gasteiger partial charge in [0.25, 0.3) is 0 Å². The molecule has 9 heterocycles. The average molecular weight is 1240 g/mol. The van der Waals surface area contributed by atoms with Gasteiger partial charge in [0.05, 0.1) is 69.3 Å². The highest BCUT2D eigenvalue weighted by atomic mass is 16.5. The Hall–Kier alpha value is -8.50. The van der Waals surface area contributed by atoms with Gasteiger partial charge in [-0.2, -0.15) is 0 Å². The molecule has 478 valence electrons. The summed E-state index contributed by atoms with van der Waals surface area (Å²) in [6.45, 7) is 23.7. The number of hydrogen-bond donors (Lipinski definition) is 4. The molecule has 0 radical (unpaired) electrons. The zero-order valence-electron chi connectivity index (χ0n) is 56.9. The molecule has 4 N–H and O–H groups in total. The average Bonchev–Trinajstić information content (AvgIpc) is 1.61. The van der Waals surface area contributed by atoms with Crippen LogP contribution in [-0.2, 0) is 0 Å². The molecular weight excluding hydrogens is 1140 g/mol. The van der Waals surface area contributed by atoms with Crippen LogP contribution in [0.2, 0.25) is 0 Å². The third kappa shape index (κ3) is 11.1. The number of aromatic nitrogens is 8. The van der Waals surface area contributed by atoms with Crippen molar-refractivity contribution >= 4 is 87.2 Å². The zero-order chi connectivity index (χ0) is 64.0. The summed E-state index contributed by atoms with van der Waals surface area (Å²) in [7, 11) is 0. The van der Waals surface area contributed by atoms with Crippen molar-refractivity contribution in [1.82, 2.24) is 39.9 Å². The van der Waals surface area contributed by atoms with Gasteiger partial charge in [-0.15, -0.1) is 0 Å². The van der Waals surface area contributed by atoms with Crippen LogP contribution in [0.1, 0.15) is 210 Å². The Labute approximate surface area is 548 Å². The third-order valence-corrected chi connectivity index (χ3v) is 21.1. The van der Waals surface area contributed by atoms with Crippen molar-refractivity contribution < 1.29 is 9.47 Å². The molecule has 10 heteroatoms. The minimum Gasteiger partial charge on any atom is -0.493 e. The maximum atomic E-state index is 7.02. The Morgan fingerprint density at radius 2 is 0.753 bits per heavy atom. The molecule has 1 unspecified atom stereocenters. The molecule has 14 rings (SSSR count). The first-order valence-corrected chi connectivity index (χ1v) is 35.5. The van der Waals surface area contributed by atoms with E-state index in [9.17, 15) is 0 Å². The third-order valence-electron chi connectivity index (χ3n) is 21.1. The largest absolute Gasteiger partial charge is 0.493 e. The summed E-state index contributed by atoms with van der Waals surface area (Å²) >= 11 is 0. The summed E-state index contributed by atoms with van der Waals surface area (Å²) < 4.78 is 14.0. The molecule has 1 aliphatic rings. The second-order valence-electron chi connectivity index (χ2n) is 27.5. The van der Waals surface area contributed by atoms with Gasteiger partial charge >= 0.3 is 0 Å². The molecule has 5 aromatic carbocycles. The van der Waals surface area contributed by atoms with Gasteiger partial charge in [0, 0.05) is 100 Å². The van der Waals surface area contributed by atoms with E-state index in [1.165, 1.54) is 142 Å². The summed E-state index contributed by atoms with van der Waals surface area (Å²) in [5.41, 5.74) is 25.9. The molecule has 0 saturated carbocycles. The van der Waals surface area contributed by atoms with Gasteiger partial charge in [-0.05, 0) is 138 Å². The fourth-order valence-electron chi connectivity index (χ4n) is 16.1. The minimum absolute atomic E-state index is 0.233. The van der Waals surface area contributed by atoms with Crippen LogP contribution >= 0.6 is 0 Å². The Balaban J connectivity index is 0.971. The highest BCUT2D eigenvalue weighted by molar-refractivity contribution is 6.23. The van der Waals surface area contributed by atoms with E-state index in [4.69, 9.17) is 29.4 Å². The summed E-state index contributed by atoms with van der Waals surface area (Å²) in [6, 6.07) is 28.9. The lowest BCUT2D eigenvalue weighted by Crippen LogP contribution is -2.07. The molecule has 8 aromatic heterocycles. The van der Waals surface area contributed by atoms with Gasteiger partial charge in [0.1, 0.15) is 22.5 Å². The van der Waals surface area contributed by atoms with Crippen molar-refractivity contribution in [2.75, 3.05) is 13.2 Å². The number of aryl methyl sites for hydroxylation is 8. The number of fused-ring (bicyclic) bond motifs is 13. The van der Waals surface area contributed by atoms with Gasteiger partial charge in [0.15, 0.2) is 0 Å². The number of nitrogens with one attached hydrogen (secondary N) is 4. The van der Waals surface area contributed by atoms with Gasteiger partial charge in [-0.1, -0.05) is 172 Å². The lowest BCUT2D eigenvalue weighted by molar-refractivity contribution is 0.306. The smallest absolute Gasteiger partial charge is 0.132 e. The predicted octanol–water partition coefficient (Wildman–Crippen LogP) is 23.4. The highest BCUT2D eigenvalue weighted by Crippen LogP contribution is 2.52. The Kier molecular flexibility index (Phi) is 17.6. The molecule has 0 fully saturated rings. The molecular formula is C83H94N8O2. The Bertz CT molecular complexity index is 4960.